The van der Waals surface area contributed by atoms with Gasteiger partial charge in [-0.2, -0.15) is 0 Å². The molecule has 0 fully saturated rings. The molecule has 176 valence electrons. The first-order valence-electron chi connectivity index (χ1n) is 10.1. The van der Waals surface area contributed by atoms with Gasteiger partial charge in [-0.1, -0.05) is 30.3 Å². The lowest BCUT2D eigenvalue weighted by Gasteiger charge is -2.12. The molecule has 1 amide bonds. The van der Waals surface area contributed by atoms with Crippen molar-refractivity contribution < 1.29 is 26.4 Å². The number of anilines is 2. The summed E-state index contributed by atoms with van der Waals surface area (Å²) < 4.78 is 61.6. The van der Waals surface area contributed by atoms with Crippen molar-refractivity contribution in [3.05, 3.63) is 88.4 Å². The van der Waals surface area contributed by atoms with Gasteiger partial charge < -0.3 is 9.73 Å². The normalized spacial score (nSPS) is 11.5. The Bertz CT molecular complexity index is 1550. The van der Waals surface area contributed by atoms with Crippen LogP contribution in [0.5, 0.6) is 0 Å². The predicted octanol–water partition coefficient (Wildman–Crippen LogP) is 3.87. The summed E-state index contributed by atoms with van der Waals surface area (Å²) in [6, 6.07) is 14.0. The fraction of sp³-hybridized carbons (Fsp3) is 0.130. The number of aryl methyl sites for hydroxylation is 2. The molecule has 2 N–H and O–H groups in total. The van der Waals surface area contributed by atoms with Crippen LogP contribution in [0.1, 0.15) is 12.5 Å². The third kappa shape index (κ3) is 4.84. The molecule has 0 saturated heterocycles. The summed E-state index contributed by atoms with van der Waals surface area (Å²) in [5.41, 5.74) is 0.662. The summed E-state index contributed by atoms with van der Waals surface area (Å²) in [5, 5.41) is 2.52. The number of aromatic nitrogens is 1. The lowest BCUT2D eigenvalue weighted by Crippen LogP contribution is -2.18. The average Bonchev–Trinajstić information content (AvgIpc) is 3.10. The van der Waals surface area contributed by atoms with Crippen molar-refractivity contribution in [2.75, 3.05) is 10.0 Å². The molecule has 0 atom stereocenters. The fourth-order valence-corrected chi connectivity index (χ4v) is 4.59. The van der Waals surface area contributed by atoms with Gasteiger partial charge in [0.05, 0.1) is 16.3 Å². The van der Waals surface area contributed by atoms with Gasteiger partial charge in [0, 0.05) is 25.6 Å². The van der Waals surface area contributed by atoms with Gasteiger partial charge in [-0.15, -0.1) is 0 Å². The molecule has 0 radical (unpaired) electrons. The molecule has 8 nitrogen and oxygen atoms in total. The topological polar surface area (TPSA) is 110 Å². The SMILES string of the molecule is CC(=O)Nc1cc(S(=O)(=O)Nc2ccc(F)cc2F)cc2oc(=O)n(CCc3ccccc3)c12. The Hall–Kier alpha value is -3.99. The Kier molecular flexibility index (Phi) is 6.20. The highest BCUT2D eigenvalue weighted by atomic mass is 32.2. The monoisotopic (exact) mass is 487 g/mol. The van der Waals surface area contributed by atoms with E-state index in [1.165, 1.54) is 11.5 Å². The smallest absolute Gasteiger partial charge is 0.408 e. The Morgan fingerprint density at radius 3 is 2.44 bits per heavy atom. The van der Waals surface area contributed by atoms with Gasteiger partial charge in [-0.25, -0.2) is 22.0 Å². The number of oxazole rings is 1. The predicted molar refractivity (Wildman–Crippen MR) is 122 cm³/mol. The third-order valence-electron chi connectivity index (χ3n) is 5.00. The first-order chi connectivity index (χ1) is 16.1. The molecule has 0 spiro atoms. The first-order valence-corrected chi connectivity index (χ1v) is 11.6. The maximum Gasteiger partial charge on any atom is 0.420 e. The molecule has 1 aromatic heterocycles. The quantitative estimate of drug-likeness (QED) is 0.411. The minimum atomic E-state index is -4.39. The molecule has 11 heteroatoms. The fourth-order valence-electron chi connectivity index (χ4n) is 3.48. The molecule has 0 bridgehead atoms. The standard InChI is InChI=1S/C23H19F2N3O5S/c1-14(29)26-20-12-17(34(31,32)27-19-8-7-16(24)11-18(19)25)13-21-22(20)28(23(30)33-21)10-9-15-5-3-2-4-6-15/h2-8,11-13,27H,9-10H2,1H3,(H,26,29). The molecule has 4 aromatic rings. The van der Waals surface area contributed by atoms with Crippen molar-refractivity contribution in [3.63, 3.8) is 0 Å². The summed E-state index contributed by atoms with van der Waals surface area (Å²) in [7, 11) is -4.39. The highest BCUT2D eigenvalue weighted by Gasteiger charge is 2.23. The van der Waals surface area contributed by atoms with E-state index in [0.29, 0.717) is 12.5 Å². The van der Waals surface area contributed by atoms with Crippen molar-refractivity contribution in [3.8, 4) is 0 Å². The number of hydrogen-bond donors (Lipinski definition) is 2. The maximum absolute atomic E-state index is 14.0. The molecule has 0 aliphatic rings. The second kappa shape index (κ2) is 9.10. The minimum absolute atomic E-state index is 0.0314. The summed E-state index contributed by atoms with van der Waals surface area (Å²) in [4.78, 5) is 24.0. The highest BCUT2D eigenvalue weighted by molar-refractivity contribution is 7.92. The summed E-state index contributed by atoms with van der Waals surface area (Å²) in [6.45, 7) is 1.44. The molecule has 34 heavy (non-hydrogen) atoms. The number of nitrogens with zero attached hydrogens (tertiary/aromatic N) is 1. The van der Waals surface area contributed by atoms with Crippen LogP contribution in [-0.4, -0.2) is 18.9 Å². The van der Waals surface area contributed by atoms with Gasteiger partial charge >= 0.3 is 5.76 Å². The van der Waals surface area contributed by atoms with Gasteiger partial charge in [0.15, 0.2) is 5.58 Å². The van der Waals surface area contributed by atoms with Crippen LogP contribution in [0.4, 0.5) is 20.2 Å². The van der Waals surface area contributed by atoms with Gasteiger partial charge in [0.25, 0.3) is 10.0 Å². The number of carbonyl (C=O) groups is 1. The van der Waals surface area contributed by atoms with E-state index in [0.717, 1.165) is 29.8 Å². The zero-order valence-electron chi connectivity index (χ0n) is 17.8. The largest absolute Gasteiger partial charge is 0.420 e. The van der Waals surface area contributed by atoms with Crippen molar-refractivity contribution in [1.82, 2.24) is 4.57 Å². The first kappa shape index (κ1) is 23.2. The Morgan fingerprint density at radius 1 is 1.03 bits per heavy atom. The average molecular weight is 487 g/mol. The number of nitrogens with one attached hydrogen (secondary N) is 2. The van der Waals surface area contributed by atoms with E-state index in [-0.39, 0.29) is 23.3 Å². The van der Waals surface area contributed by atoms with Crippen LogP contribution in [0, 0.1) is 11.6 Å². The number of carbonyl (C=O) groups excluding carboxylic acids is 1. The van der Waals surface area contributed by atoms with Crippen LogP contribution in [0.25, 0.3) is 11.1 Å². The van der Waals surface area contributed by atoms with Crippen molar-refractivity contribution >= 4 is 38.4 Å². The number of halogens is 2. The molecule has 1 heterocycles. The van der Waals surface area contributed by atoms with E-state index in [9.17, 15) is 26.8 Å². The number of sulfonamides is 1. The van der Waals surface area contributed by atoms with E-state index in [1.54, 1.807) is 0 Å². The lowest BCUT2D eigenvalue weighted by atomic mass is 10.1. The molecule has 0 unspecified atom stereocenters. The second-order valence-electron chi connectivity index (χ2n) is 7.48. The van der Waals surface area contributed by atoms with Gasteiger partial charge in [0.2, 0.25) is 5.91 Å². The van der Waals surface area contributed by atoms with Crippen LogP contribution in [0.2, 0.25) is 0 Å². The second-order valence-corrected chi connectivity index (χ2v) is 9.17. The van der Waals surface area contributed by atoms with Gasteiger partial charge in [-0.05, 0) is 30.2 Å². The van der Waals surface area contributed by atoms with E-state index in [1.807, 2.05) is 35.1 Å². The lowest BCUT2D eigenvalue weighted by molar-refractivity contribution is -0.114. The van der Waals surface area contributed by atoms with Crippen LogP contribution < -0.4 is 15.8 Å². The summed E-state index contributed by atoms with van der Waals surface area (Å²) in [5.74, 6) is -3.21. The Morgan fingerprint density at radius 2 is 1.76 bits per heavy atom. The Balaban J connectivity index is 1.77. The van der Waals surface area contributed by atoms with Crippen LogP contribution >= 0.6 is 0 Å². The minimum Gasteiger partial charge on any atom is -0.408 e. The molecule has 4 rings (SSSR count). The number of amides is 1. The van der Waals surface area contributed by atoms with Crippen LogP contribution in [0.3, 0.4) is 0 Å². The molecule has 0 aliphatic carbocycles. The maximum atomic E-state index is 14.0. The molecule has 3 aromatic carbocycles. The van der Waals surface area contributed by atoms with E-state index >= 15 is 0 Å². The van der Waals surface area contributed by atoms with Crippen molar-refractivity contribution in [2.24, 2.45) is 0 Å². The van der Waals surface area contributed by atoms with E-state index in [4.69, 9.17) is 4.42 Å². The molecular formula is C23H19F2N3O5S. The van der Waals surface area contributed by atoms with Crippen molar-refractivity contribution in [1.29, 1.82) is 0 Å². The summed E-state index contributed by atoms with van der Waals surface area (Å²) in [6.07, 6.45) is 0.486. The number of hydrogen-bond acceptors (Lipinski definition) is 5. The van der Waals surface area contributed by atoms with Gasteiger partial charge in [0.1, 0.15) is 17.2 Å². The van der Waals surface area contributed by atoms with Crippen molar-refractivity contribution in [2.45, 2.75) is 24.8 Å². The molecule has 0 aliphatic heterocycles. The zero-order chi connectivity index (χ0) is 24.5. The zero-order valence-corrected chi connectivity index (χ0v) is 18.7. The molecule has 0 saturated carbocycles. The van der Waals surface area contributed by atoms with Crippen LogP contribution in [0.15, 0.2) is 74.8 Å². The van der Waals surface area contributed by atoms with Crippen LogP contribution in [-0.2, 0) is 27.8 Å². The number of benzene rings is 3. The third-order valence-corrected chi connectivity index (χ3v) is 6.34. The summed E-state index contributed by atoms with van der Waals surface area (Å²) >= 11 is 0. The van der Waals surface area contributed by atoms with E-state index < -0.39 is 43.9 Å². The van der Waals surface area contributed by atoms with E-state index in [2.05, 4.69) is 5.32 Å². The Labute approximate surface area is 192 Å². The molecular weight excluding hydrogens is 468 g/mol. The number of fused-ring (bicyclic) bond motifs is 1. The van der Waals surface area contributed by atoms with Gasteiger partial charge in [-0.3, -0.25) is 14.1 Å². The highest BCUT2D eigenvalue weighted by Crippen LogP contribution is 2.29. The number of rotatable bonds is 7.